The first-order chi connectivity index (χ1) is 12.7. The Kier molecular flexibility index (Phi) is 6.28. The van der Waals surface area contributed by atoms with Gasteiger partial charge in [0, 0.05) is 0 Å². The van der Waals surface area contributed by atoms with Crippen molar-refractivity contribution in [2.75, 3.05) is 6.61 Å². The second-order valence-corrected chi connectivity index (χ2v) is 8.73. The molecule has 0 aromatic heterocycles. The summed E-state index contributed by atoms with van der Waals surface area (Å²) < 4.78 is 6.01. The third-order valence-corrected chi connectivity index (χ3v) is 7.18. The minimum absolute atomic E-state index is 0.224. The second-order valence-electron chi connectivity index (χ2n) is 8.73. The average Bonchev–Trinajstić information content (AvgIpc) is 2.71. The predicted octanol–water partition coefficient (Wildman–Crippen LogP) is 6.91. The molecule has 2 nitrogen and oxygen atoms in total. The zero-order valence-corrected chi connectivity index (χ0v) is 16.8. The molecule has 4 rings (SSSR count). The summed E-state index contributed by atoms with van der Waals surface area (Å²) in [5, 5.41) is 9.89. The fourth-order valence-corrected chi connectivity index (χ4v) is 5.34. The van der Waals surface area contributed by atoms with E-state index in [0.29, 0.717) is 5.41 Å². The molecule has 0 radical (unpaired) electrons. The molecule has 0 N–H and O–H groups in total. The maximum atomic E-state index is 9.89. The Morgan fingerprint density at radius 2 is 1.65 bits per heavy atom. The topological polar surface area (TPSA) is 33.0 Å². The van der Waals surface area contributed by atoms with Gasteiger partial charge in [-0.15, -0.1) is 0 Å². The van der Waals surface area contributed by atoms with Gasteiger partial charge in [0.15, 0.2) is 0 Å². The molecule has 3 fully saturated rings. The number of nitrogens with zero attached hydrogens (tertiary/aromatic N) is 1. The number of unbranched alkanes of at least 4 members (excludes halogenated alkanes) is 3. The minimum atomic E-state index is 0.224. The van der Waals surface area contributed by atoms with Gasteiger partial charge in [0.25, 0.3) is 0 Å². The van der Waals surface area contributed by atoms with Gasteiger partial charge in [-0.2, -0.15) is 5.26 Å². The van der Waals surface area contributed by atoms with Crippen LogP contribution in [0.25, 0.3) is 0 Å². The molecule has 0 saturated heterocycles. The van der Waals surface area contributed by atoms with Gasteiger partial charge in [0.05, 0.1) is 12.2 Å². The van der Waals surface area contributed by atoms with Crippen LogP contribution in [-0.4, -0.2) is 6.61 Å². The van der Waals surface area contributed by atoms with Gasteiger partial charge in [-0.1, -0.05) is 51.7 Å². The van der Waals surface area contributed by atoms with Crippen LogP contribution in [0.4, 0.5) is 0 Å². The van der Waals surface area contributed by atoms with Crippen molar-refractivity contribution < 1.29 is 4.74 Å². The van der Waals surface area contributed by atoms with Crippen molar-refractivity contribution in [3.63, 3.8) is 0 Å². The van der Waals surface area contributed by atoms with Crippen LogP contribution in [0, 0.1) is 16.7 Å². The highest BCUT2D eigenvalue weighted by molar-refractivity contribution is 5.52. The standard InChI is InChI=1S/C24H35NO/c1-3-5-7-18-26-22-10-8-9-21(20(22)19-25)24-15-12-23(13-16-24,14-17-24)11-6-4-2/h8-10H,3-7,11-18H2,1-2H3. The molecule has 0 aliphatic heterocycles. The molecule has 0 heterocycles. The van der Waals surface area contributed by atoms with Gasteiger partial charge in [-0.05, 0) is 73.8 Å². The van der Waals surface area contributed by atoms with Crippen molar-refractivity contribution in [1.29, 1.82) is 5.26 Å². The normalized spacial score (nSPS) is 27.3. The van der Waals surface area contributed by atoms with Gasteiger partial charge in [0.1, 0.15) is 11.8 Å². The number of fused-ring (bicyclic) bond motifs is 3. The van der Waals surface area contributed by atoms with E-state index in [1.54, 1.807) is 0 Å². The fourth-order valence-electron chi connectivity index (χ4n) is 5.34. The number of benzene rings is 1. The Morgan fingerprint density at radius 3 is 2.27 bits per heavy atom. The number of rotatable bonds is 9. The number of ether oxygens (including phenoxy) is 1. The maximum absolute atomic E-state index is 9.89. The smallest absolute Gasteiger partial charge is 0.137 e. The predicted molar refractivity (Wildman–Crippen MR) is 108 cm³/mol. The van der Waals surface area contributed by atoms with E-state index in [0.717, 1.165) is 24.3 Å². The highest BCUT2D eigenvalue weighted by Gasteiger charge is 2.49. The first kappa shape index (κ1) is 19.3. The van der Waals surface area contributed by atoms with Crippen LogP contribution < -0.4 is 4.74 Å². The quantitative estimate of drug-likeness (QED) is 0.452. The SMILES string of the molecule is CCCCCOc1cccc(C23CCC(CCCC)(CC2)CC3)c1C#N. The van der Waals surface area contributed by atoms with Crippen LogP contribution >= 0.6 is 0 Å². The molecular weight excluding hydrogens is 318 g/mol. The van der Waals surface area contributed by atoms with Gasteiger partial charge in [0.2, 0.25) is 0 Å². The van der Waals surface area contributed by atoms with Gasteiger partial charge < -0.3 is 4.74 Å². The van der Waals surface area contributed by atoms with E-state index in [4.69, 9.17) is 4.74 Å². The van der Waals surface area contributed by atoms with E-state index in [9.17, 15) is 5.26 Å². The molecule has 1 aromatic carbocycles. The summed E-state index contributed by atoms with van der Waals surface area (Å²) in [6.45, 7) is 5.23. The Hall–Kier alpha value is -1.49. The lowest BCUT2D eigenvalue weighted by Gasteiger charge is -2.54. The lowest BCUT2D eigenvalue weighted by atomic mass is 9.50. The maximum Gasteiger partial charge on any atom is 0.137 e. The molecule has 3 saturated carbocycles. The van der Waals surface area contributed by atoms with Crippen LogP contribution in [0.15, 0.2) is 18.2 Å². The summed E-state index contributed by atoms with van der Waals surface area (Å²) in [4.78, 5) is 0. The molecule has 3 aliphatic carbocycles. The largest absolute Gasteiger partial charge is 0.492 e. The Balaban J connectivity index is 1.77. The molecule has 0 atom stereocenters. The molecule has 0 spiro atoms. The van der Waals surface area contributed by atoms with Crippen molar-refractivity contribution in [3.8, 4) is 11.8 Å². The van der Waals surface area contributed by atoms with Crippen molar-refractivity contribution >= 4 is 0 Å². The Morgan fingerprint density at radius 1 is 0.962 bits per heavy atom. The van der Waals surface area contributed by atoms with E-state index in [1.807, 2.05) is 6.07 Å². The zero-order chi connectivity index (χ0) is 18.5. The van der Waals surface area contributed by atoms with E-state index in [1.165, 1.54) is 76.2 Å². The molecular formula is C24H35NO. The van der Waals surface area contributed by atoms with Crippen molar-refractivity contribution in [3.05, 3.63) is 29.3 Å². The van der Waals surface area contributed by atoms with E-state index >= 15 is 0 Å². The lowest BCUT2D eigenvalue weighted by Crippen LogP contribution is -2.44. The zero-order valence-electron chi connectivity index (χ0n) is 16.8. The van der Waals surface area contributed by atoms with Gasteiger partial charge >= 0.3 is 0 Å². The van der Waals surface area contributed by atoms with Crippen molar-refractivity contribution in [2.24, 2.45) is 5.41 Å². The molecule has 2 heteroatoms. The third-order valence-electron chi connectivity index (χ3n) is 7.18. The molecule has 0 unspecified atom stereocenters. The fraction of sp³-hybridized carbons (Fsp3) is 0.708. The summed E-state index contributed by atoms with van der Waals surface area (Å²) in [6.07, 6.45) is 15.3. The van der Waals surface area contributed by atoms with Crippen molar-refractivity contribution in [2.45, 2.75) is 96.3 Å². The molecule has 26 heavy (non-hydrogen) atoms. The highest BCUT2D eigenvalue weighted by Crippen LogP contribution is 2.60. The van der Waals surface area contributed by atoms with Crippen molar-refractivity contribution in [1.82, 2.24) is 0 Å². The molecule has 2 bridgehead atoms. The Labute approximate surface area is 159 Å². The van der Waals surface area contributed by atoms with Crippen LogP contribution in [0.1, 0.15) is 102 Å². The summed E-state index contributed by atoms with van der Waals surface area (Å²) in [6, 6.07) is 8.80. The molecule has 0 amide bonds. The summed E-state index contributed by atoms with van der Waals surface area (Å²) in [5.41, 5.74) is 2.92. The molecule has 3 aliphatic rings. The monoisotopic (exact) mass is 353 g/mol. The van der Waals surface area contributed by atoms with Gasteiger partial charge in [-0.3, -0.25) is 0 Å². The summed E-state index contributed by atoms with van der Waals surface area (Å²) in [7, 11) is 0. The van der Waals surface area contributed by atoms with Gasteiger partial charge in [-0.25, -0.2) is 0 Å². The van der Waals surface area contributed by atoms with Crippen LogP contribution in [-0.2, 0) is 5.41 Å². The molecule has 1 aromatic rings. The summed E-state index contributed by atoms with van der Waals surface area (Å²) in [5.74, 6) is 0.809. The molecule has 142 valence electrons. The average molecular weight is 354 g/mol. The van der Waals surface area contributed by atoms with E-state index in [-0.39, 0.29) is 5.41 Å². The highest BCUT2D eigenvalue weighted by atomic mass is 16.5. The minimum Gasteiger partial charge on any atom is -0.492 e. The van der Waals surface area contributed by atoms with Crippen LogP contribution in [0.3, 0.4) is 0 Å². The third kappa shape index (κ3) is 3.78. The second kappa shape index (κ2) is 8.47. The van der Waals surface area contributed by atoms with E-state index in [2.05, 4.69) is 32.0 Å². The first-order valence-electron chi connectivity index (χ1n) is 10.8. The van der Waals surface area contributed by atoms with Crippen LogP contribution in [0.5, 0.6) is 5.75 Å². The summed E-state index contributed by atoms with van der Waals surface area (Å²) >= 11 is 0. The lowest BCUT2D eigenvalue weighted by molar-refractivity contribution is 0.0306. The number of hydrogen-bond acceptors (Lipinski definition) is 2. The van der Waals surface area contributed by atoms with Crippen LogP contribution in [0.2, 0.25) is 0 Å². The van der Waals surface area contributed by atoms with E-state index < -0.39 is 0 Å². The number of hydrogen-bond donors (Lipinski definition) is 0. The number of nitriles is 1. The Bertz CT molecular complexity index is 618. The first-order valence-corrected chi connectivity index (χ1v) is 10.8.